The molecule has 0 aliphatic rings. The Kier molecular flexibility index (Phi) is 4.90. The summed E-state index contributed by atoms with van der Waals surface area (Å²) in [6, 6.07) is 0. The molecule has 3 nitrogen and oxygen atoms in total. The van der Waals surface area contributed by atoms with E-state index in [1.54, 1.807) is 0 Å². The van der Waals surface area contributed by atoms with Crippen LogP contribution in [0.15, 0.2) is 0 Å². The third-order valence-electron chi connectivity index (χ3n) is 1.40. The van der Waals surface area contributed by atoms with Crippen LogP contribution in [-0.2, 0) is 9.53 Å². The number of rotatable bonds is 4. The summed E-state index contributed by atoms with van der Waals surface area (Å²) in [5.41, 5.74) is -0.417. The van der Waals surface area contributed by atoms with Crippen molar-refractivity contribution in [2.45, 2.75) is 33.6 Å². The monoisotopic (exact) mass is 174 g/mol. The van der Waals surface area contributed by atoms with Crippen molar-refractivity contribution in [3.05, 3.63) is 0 Å². The quantitative estimate of drug-likeness (QED) is 0.517. The molecule has 0 radical (unpaired) electrons. The highest BCUT2D eigenvalue weighted by atomic mass is 16.5. The number of hydrogen-bond donors (Lipinski definition) is 1. The molecule has 0 saturated carbocycles. The number of aliphatic hydroxyl groups excluding tert-OH is 1. The Labute approximate surface area is 73.7 Å². The molecule has 0 aliphatic heterocycles. The zero-order valence-electron chi connectivity index (χ0n) is 8.09. The summed E-state index contributed by atoms with van der Waals surface area (Å²) in [4.78, 5) is 11.1. The molecule has 0 saturated heterocycles. The van der Waals surface area contributed by atoms with Crippen LogP contribution in [0.1, 0.15) is 33.6 Å². The van der Waals surface area contributed by atoms with Gasteiger partial charge >= 0.3 is 5.97 Å². The van der Waals surface area contributed by atoms with Crippen molar-refractivity contribution in [2.24, 2.45) is 5.41 Å². The third-order valence-corrected chi connectivity index (χ3v) is 1.40. The van der Waals surface area contributed by atoms with E-state index < -0.39 is 5.41 Å². The third kappa shape index (κ3) is 5.13. The van der Waals surface area contributed by atoms with E-state index >= 15 is 0 Å². The summed E-state index contributed by atoms with van der Waals surface area (Å²) in [5, 5.41) is 8.45. The van der Waals surface area contributed by atoms with Crippen molar-refractivity contribution >= 4 is 5.97 Å². The number of carbonyl (C=O) groups is 1. The molecule has 12 heavy (non-hydrogen) atoms. The molecule has 0 amide bonds. The van der Waals surface area contributed by atoms with Gasteiger partial charge in [0.2, 0.25) is 0 Å². The van der Waals surface area contributed by atoms with Gasteiger partial charge in [-0.2, -0.15) is 0 Å². The van der Waals surface area contributed by atoms with Gasteiger partial charge < -0.3 is 9.84 Å². The maximum absolute atomic E-state index is 11.1. The highest BCUT2D eigenvalue weighted by Crippen LogP contribution is 2.15. The van der Waals surface area contributed by atoms with Gasteiger partial charge in [-0.15, -0.1) is 0 Å². The van der Waals surface area contributed by atoms with Crippen molar-refractivity contribution in [1.29, 1.82) is 0 Å². The average Bonchev–Trinajstić information content (AvgIpc) is 1.96. The molecule has 0 rings (SSSR count). The standard InChI is InChI=1S/C9H18O3/c1-9(2,3)8(11)12-7-5-4-6-10/h10H,4-7H2,1-3H3. The zero-order chi connectivity index (χ0) is 9.61. The van der Waals surface area contributed by atoms with Gasteiger partial charge in [-0.3, -0.25) is 4.79 Å². The molecule has 0 fully saturated rings. The van der Waals surface area contributed by atoms with Crippen LogP contribution in [0.2, 0.25) is 0 Å². The first-order chi connectivity index (χ1) is 5.48. The van der Waals surface area contributed by atoms with Crippen molar-refractivity contribution in [1.82, 2.24) is 0 Å². The second-order valence-electron chi connectivity index (χ2n) is 3.82. The Morgan fingerprint density at radius 2 is 1.92 bits per heavy atom. The molecule has 3 heteroatoms. The minimum absolute atomic E-state index is 0.160. The highest BCUT2D eigenvalue weighted by molar-refractivity contribution is 5.75. The van der Waals surface area contributed by atoms with Crippen LogP contribution in [0, 0.1) is 5.41 Å². The molecule has 0 spiro atoms. The highest BCUT2D eigenvalue weighted by Gasteiger charge is 2.22. The maximum atomic E-state index is 11.1. The van der Waals surface area contributed by atoms with Crippen LogP contribution >= 0.6 is 0 Å². The van der Waals surface area contributed by atoms with Crippen molar-refractivity contribution in [2.75, 3.05) is 13.2 Å². The van der Waals surface area contributed by atoms with E-state index in [9.17, 15) is 4.79 Å². The first kappa shape index (κ1) is 11.4. The number of unbranched alkanes of at least 4 members (excludes halogenated alkanes) is 1. The van der Waals surface area contributed by atoms with E-state index in [4.69, 9.17) is 9.84 Å². The van der Waals surface area contributed by atoms with E-state index in [1.165, 1.54) is 0 Å². The molecule has 72 valence electrons. The summed E-state index contributed by atoms with van der Waals surface area (Å²) >= 11 is 0. The van der Waals surface area contributed by atoms with Crippen molar-refractivity contribution in [3.8, 4) is 0 Å². The predicted octanol–water partition coefficient (Wildman–Crippen LogP) is 1.35. The lowest BCUT2D eigenvalue weighted by Gasteiger charge is -2.16. The zero-order valence-corrected chi connectivity index (χ0v) is 8.09. The van der Waals surface area contributed by atoms with Crippen LogP contribution in [-0.4, -0.2) is 24.3 Å². The van der Waals surface area contributed by atoms with E-state index in [1.807, 2.05) is 20.8 Å². The summed E-state index contributed by atoms with van der Waals surface area (Å²) in [5.74, 6) is -0.180. The first-order valence-electron chi connectivity index (χ1n) is 4.26. The molecule has 0 aliphatic carbocycles. The molecular formula is C9H18O3. The number of aliphatic hydroxyl groups is 1. The van der Waals surface area contributed by atoms with Gasteiger partial charge in [0, 0.05) is 6.61 Å². The molecule has 0 atom stereocenters. The lowest BCUT2D eigenvalue weighted by molar-refractivity contribution is -0.153. The lowest BCUT2D eigenvalue weighted by atomic mass is 9.97. The summed E-state index contributed by atoms with van der Waals surface area (Å²) in [6.07, 6.45) is 1.43. The SMILES string of the molecule is CC(C)(C)C(=O)OCCCCO. The van der Waals surface area contributed by atoms with Gasteiger partial charge in [0.1, 0.15) is 0 Å². The minimum Gasteiger partial charge on any atom is -0.465 e. The van der Waals surface area contributed by atoms with Gasteiger partial charge in [-0.25, -0.2) is 0 Å². The normalized spacial score (nSPS) is 11.3. The molecule has 0 aromatic rings. The van der Waals surface area contributed by atoms with E-state index in [0.717, 1.165) is 6.42 Å². The van der Waals surface area contributed by atoms with Gasteiger partial charge in [-0.1, -0.05) is 0 Å². The molecule has 0 bridgehead atoms. The van der Waals surface area contributed by atoms with Gasteiger partial charge in [0.05, 0.1) is 12.0 Å². The fourth-order valence-corrected chi connectivity index (χ4v) is 0.595. The molecule has 0 heterocycles. The topological polar surface area (TPSA) is 46.5 Å². The Morgan fingerprint density at radius 1 is 1.33 bits per heavy atom. The predicted molar refractivity (Wildman–Crippen MR) is 46.7 cm³/mol. The fraction of sp³-hybridized carbons (Fsp3) is 0.889. The van der Waals surface area contributed by atoms with Gasteiger partial charge in [0.15, 0.2) is 0 Å². The maximum Gasteiger partial charge on any atom is 0.311 e. The number of carbonyl (C=O) groups excluding carboxylic acids is 1. The number of esters is 1. The van der Waals surface area contributed by atoms with E-state index in [2.05, 4.69) is 0 Å². The second-order valence-corrected chi connectivity index (χ2v) is 3.82. The summed E-state index contributed by atoms with van der Waals surface area (Å²) < 4.78 is 4.96. The average molecular weight is 174 g/mol. The second kappa shape index (κ2) is 5.14. The molecule has 0 unspecified atom stereocenters. The number of hydrogen-bond acceptors (Lipinski definition) is 3. The Morgan fingerprint density at radius 3 is 2.33 bits per heavy atom. The Hall–Kier alpha value is -0.570. The molecule has 0 aromatic carbocycles. The lowest BCUT2D eigenvalue weighted by Crippen LogP contribution is -2.23. The van der Waals surface area contributed by atoms with Crippen LogP contribution in [0.25, 0.3) is 0 Å². The molecule has 1 N–H and O–H groups in total. The summed E-state index contributed by atoms with van der Waals surface area (Å²) in [6.45, 7) is 6.04. The Balaban J connectivity index is 3.45. The van der Waals surface area contributed by atoms with Crippen molar-refractivity contribution < 1.29 is 14.6 Å². The van der Waals surface area contributed by atoms with Gasteiger partial charge in [-0.05, 0) is 33.6 Å². The van der Waals surface area contributed by atoms with E-state index in [0.29, 0.717) is 13.0 Å². The molecular weight excluding hydrogens is 156 g/mol. The fourth-order valence-electron chi connectivity index (χ4n) is 0.595. The van der Waals surface area contributed by atoms with Crippen LogP contribution in [0.5, 0.6) is 0 Å². The van der Waals surface area contributed by atoms with Crippen LogP contribution in [0.4, 0.5) is 0 Å². The summed E-state index contributed by atoms with van der Waals surface area (Å²) in [7, 11) is 0. The van der Waals surface area contributed by atoms with Crippen molar-refractivity contribution in [3.63, 3.8) is 0 Å². The minimum atomic E-state index is -0.417. The van der Waals surface area contributed by atoms with E-state index in [-0.39, 0.29) is 12.6 Å². The van der Waals surface area contributed by atoms with Gasteiger partial charge in [0.25, 0.3) is 0 Å². The largest absolute Gasteiger partial charge is 0.465 e. The smallest absolute Gasteiger partial charge is 0.311 e. The first-order valence-corrected chi connectivity index (χ1v) is 4.26. The van der Waals surface area contributed by atoms with Crippen LogP contribution < -0.4 is 0 Å². The van der Waals surface area contributed by atoms with Crippen LogP contribution in [0.3, 0.4) is 0 Å². The Bertz CT molecular complexity index is 135. The number of ether oxygens (including phenoxy) is 1. The molecule has 0 aromatic heterocycles.